The number of anilines is 1. The van der Waals surface area contributed by atoms with Crippen LogP contribution in [0, 0.1) is 0 Å². The second-order valence-electron chi connectivity index (χ2n) is 7.68. The van der Waals surface area contributed by atoms with E-state index in [1.54, 1.807) is 0 Å². The standard InChI is InChI=1S/C23H31NO2/c1-15(2)18-10-12-19(13-11-18)26-14-22(25)24-23-20(16(3)4)8-7-9-21(23)17(5)6/h7-13,15-17H,14H2,1-6H3,(H,24,25). The predicted octanol–water partition coefficient (Wildman–Crippen LogP) is 6.07. The van der Waals surface area contributed by atoms with Crippen molar-refractivity contribution >= 4 is 11.6 Å². The third kappa shape index (κ3) is 5.10. The third-order valence-electron chi connectivity index (χ3n) is 4.55. The lowest BCUT2D eigenvalue weighted by Crippen LogP contribution is -2.22. The molecule has 0 unspecified atom stereocenters. The summed E-state index contributed by atoms with van der Waals surface area (Å²) >= 11 is 0. The van der Waals surface area contributed by atoms with E-state index in [2.05, 4.69) is 65.1 Å². The Morgan fingerprint density at radius 2 is 1.38 bits per heavy atom. The number of ether oxygens (including phenoxy) is 1. The van der Waals surface area contributed by atoms with E-state index in [0.717, 1.165) is 16.8 Å². The van der Waals surface area contributed by atoms with Gasteiger partial charge in [0, 0.05) is 5.69 Å². The van der Waals surface area contributed by atoms with Gasteiger partial charge in [-0.05, 0) is 46.6 Å². The van der Waals surface area contributed by atoms with Crippen molar-refractivity contribution in [1.29, 1.82) is 0 Å². The van der Waals surface area contributed by atoms with E-state index in [4.69, 9.17) is 4.74 Å². The number of para-hydroxylation sites is 1. The Morgan fingerprint density at radius 3 is 1.85 bits per heavy atom. The molecular formula is C23H31NO2. The highest BCUT2D eigenvalue weighted by atomic mass is 16.5. The first-order valence-corrected chi connectivity index (χ1v) is 9.45. The van der Waals surface area contributed by atoms with Gasteiger partial charge in [-0.15, -0.1) is 0 Å². The van der Waals surface area contributed by atoms with Crippen molar-refractivity contribution in [2.24, 2.45) is 0 Å². The fourth-order valence-electron chi connectivity index (χ4n) is 2.97. The second kappa shape index (κ2) is 8.88. The highest BCUT2D eigenvalue weighted by molar-refractivity contribution is 5.93. The molecule has 0 radical (unpaired) electrons. The highest BCUT2D eigenvalue weighted by Crippen LogP contribution is 2.32. The summed E-state index contributed by atoms with van der Waals surface area (Å²) < 4.78 is 5.66. The van der Waals surface area contributed by atoms with Crippen LogP contribution in [0.4, 0.5) is 5.69 Å². The molecule has 0 heterocycles. The summed E-state index contributed by atoms with van der Waals surface area (Å²) in [7, 11) is 0. The van der Waals surface area contributed by atoms with Crippen LogP contribution in [0.2, 0.25) is 0 Å². The van der Waals surface area contributed by atoms with E-state index < -0.39 is 0 Å². The van der Waals surface area contributed by atoms with Gasteiger partial charge < -0.3 is 10.1 Å². The van der Waals surface area contributed by atoms with Crippen LogP contribution in [0.1, 0.15) is 76.0 Å². The normalized spacial score (nSPS) is 11.3. The minimum atomic E-state index is -0.132. The summed E-state index contributed by atoms with van der Waals surface area (Å²) in [5.74, 6) is 1.75. The Labute approximate surface area is 157 Å². The lowest BCUT2D eigenvalue weighted by Gasteiger charge is -2.20. The van der Waals surface area contributed by atoms with Crippen LogP contribution in [-0.2, 0) is 4.79 Å². The molecule has 0 aromatic heterocycles. The van der Waals surface area contributed by atoms with Crippen LogP contribution in [0.15, 0.2) is 42.5 Å². The molecule has 140 valence electrons. The SMILES string of the molecule is CC(C)c1ccc(OCC(=O)Nc2c(C(C)C)cccc2C(C)C)cc1. The number of carbonyl (C=O) groups is 1. The summed E-state index contributed by atoms with van der Waals surface area (Å²) in [5, 5.41) is 3.08. The number of nitrogens with one attached hydrogen (secondary N) is 1. The molecule has 0 saturated carbocycles. The van der Waals surface area contributed by atoms with Crippen LogP contribution < -0.4 is 10.1 Å². The molecule has 2 aromatic carbocycles. The van der Waals surface area contributed by atoms with E-state index >= 15 is 0 Å². The quantitative estimate of drug-likeness (QED) is 0.655. The highest BCUT2D eigenvalue weighted by Gasteiger charge is 2.16. The molecule has 1 N–H and O–H groups in total. The van der Waals surface area contributed by atoms with Crippen molar-refractivity contribution in [1.82, 2.24) is 0 Å². The molecule has 0 bridgehead atoms. The monoisotopic (exact) mass is 353 g/mol. The minimum absolute atomic E-state index is 0.00495. The number of hydrogen-bond acceptors (Lipinski definition) is 2. The van der Waals surface area contributed by atoms with Crippen molar-refractivity contribution in [3.63, 3.8) is 0 Å². The van der Waals surface area contributed by atoms with E-state index in [9.17, 15) is 4.79 Å². The summed E-state index contributed by atoms with van der Waals surface area (Å²) in [6.07, 6.45) is 0. The first kappa shape index (κ1) is 20.0. The molecule has 0 aliphatic heterocycles. The first-order chi connectivity index (χ1) is 12.3. The maximum Gasteiger partial charge on any atom is 0.262 e. The van der Waals surface area contributed by atoms with Gasteiger partial charge in [-0.1, -0.05) is 71.9 Å². The molecule has 3 heteroatoms. The van der Waals surface area contributed by atoms with Crippen molar-refractivity contribution < 1.29 is 9.53 Å². The Balaban J connectivity index is 2.08. The molecular weight excluding hydrogens is 322 g/mol. The van der Waals surface area contributed by atoms with Gasteiger partial charge >= 0.3 is 0 Å². The van der Waals surface area contributed by atoms with Crippen LogP contribution in [-0.4, -0.2) is 12.5 Å². The Morgan fingerprint density at radius 1 is 0.846 bits per heavy atom. The number of rotatable bonds is 7. The number of hydrogen-bond donors (Lipinski definition) is 1. The van der Waals surface area contributed by atoms with Gasteiger partial charge in [0.15, 0.2) is 6.61 Å². The molecule has 3 nitrogen and oxygen atoms in total. The summed E-state index contributed by atoms with van der Waals surface area (Å²) in [4.78, 5) is 12.5. The predicted molar refractivity (Wildman–Crippen MR) is 109 cm³/mol. The van der Waals surface area contributed by atoms with Gasteiger partial charge in [0.2, 0.25) is 0 Å². The molecule has 26 heavy (non-hydrogen) atoms. The smallest absolute Gasteiger partial charge is 0.262 e. The Bertz CT molecular complexity index is 704. The zero-order valence-electron chi connectivity index (χ0n) is 16.8. The van der Waals surface area contributed by atoms with Crippen LogP contribution in [0.25, 0.3) is 0 Å². The van der Waals surface area contributed by atoms with Crippen LogP contribution >= 0.6 is 0 Å². The third-order valence-corrected chi connectivity index (χ3v) is 4.55. The van der Waals surface area contributed by atoms with E-state index in [1.165, 1.54) is 5.56 Å². The zero-order chi connectivity index (χ0) is 19.3. The average molecular weight is 354 g/mol. The topological polar surface area (TPSA) is 38.3 Å². The van der Waals surface area contributed by atoms with E-state index in [1.807, 2.05) is 24.3 Å². The van der Waals surface area contributed by atoms with Gasteiger partial charge in [-0.2, -0.15) is 0 Å². The second-order valence-corrected chi connectivity index (χ2v) is 7.68. The number of carbonyl (C=O) groups excluding carboxylic acids is 1. The van der Waals surface area contributed by atoms with Gasteiger partial charge in [-0.3, -0.25) is 4.79 Å². The van der Waals surface area contributed by atoms with Gasteiger partial charge in [0.05, 0.1) is 0 Å². The molecule has 0 fully saturated rings. The summed E-state index contributed by atoms with van der Waals surface area (Å²) in [6, 6.07) is 14.2. The number of benzene rings is 2. The Hall–Kier alpha value is -2.29. The summed E-state index contributed by atoms with van der Waals surface area (Å²) in [6.45, 7) is 12.9. The largest absolute Gasteiger partial charge is 0.484 e. The molecule has 0 aliphatic carbocycles. The van der Waals surface area contributed by atoms with Crippen LogP contribution in [0.5, 0.6) is 5.75 Å². The molecule has 0 atom stereocenters. The fourth-order valence-corrected chi connectivity index (χ4v) is 2.97. The lowest BCUT2D eigenvalue weighted by atomic mass is 9.92. The molecule has 0 spiro atoms. The minimum Gasteiger partial charge on any atom is -0.484 e. The van der Waals surface area contributed by atoms with Gasteiger partial charge in [-0.25, -0.2) is 0 Å². The maximum absolute atomic E-state index is 12.5. The van der Waals surface area contributed by atoms with Crippen LogP contribution in [0.3, 0.4) is 0 Å². The van der Waals surface area contributed by atoms with Crippen molar-refractivity contribution in [3.8, 4) is 5.75 Å². The summed E-state index contributed by atoms with van der Waals surface area (Å²) in [5.41, 5.74) is 4.51. The van der Waals surface area contributed by atoms with E-state index in [0.29, 0.717) is 23.5 Å². The molecule has 2 aromatic rings. The fraction of sp³-hybridized carbons (Fsp3) is 0.435. The van der Waals surface area contributed by atoms with Crippen molar-refractivity contribution in [2.75, 3.05) is 11.9 Å². The molecule has 0 aliphatic rings. The number of amides is 1. The van der Waals surface area contributed by atoms with Crippen molar-refractivity contribution in [2.45, 2.75) is 59.3 Å². The van der Waals surface area contributed by atoms with E-state index in [-0.39, 0.29) is 12.5 Å². The maximum atomic E-state index is 12.5. The van der Waals surface area contributed by atoms with Gasteiger partial charge in [0.25, 0.3) is 5.91 Å². The zero-order valence-corrected chi connectivity index (χ0v) is 16.8. The first-order valence-electron chi connectivity index (χ1n) is 9.45. The lowest BCUT2D eigenvalue weighted by molar-refractivity contribution is -0.118. The Kier molecular flexibility index (Phi) is 6.84. The molecule has 2 rings (SSSR count). The van der Waals surface area contributed by atoms with Crippen molar-refractivity contribution in [3.05, 3.63) is 59.2 Å². The molecule has 1 amide bonds. The van der Waals surface area contributed by atoms with Gasteiger partial charge in [0.1, 0.15) is 5.75 Å². The molecule has 0 saturated heterocycles. The average Bonchev–Trinajstić information content (AvgIpc) is 2.60.